The summed E-state index contributed by atoms with van der Waals surface area (Å²) in [6.07, 6.45) is 3.97. The number of rotatable bonds is 13. The highest BCUT2D eigenvalue weighted by atomic mass is 16.6. The number of carbonyl (C=O) groups excluding carboxylic acids is 2. The number of amides is 1. The number of anilines is 1. The summed E-state index contributed by atoms with van der Waals surface area (Å²) in [7, 11) is 0. The highest BCUT2D eigenvalue weighted by Crippen LogP contribution is 2.29. The van der Waals surface area contributed by atoms with Crippen LogP contribution in [0.1, 0.15) is 23.7 Å². The molecule has 46 heavy (non-hydrogen) atoms. The van der Waals surface area contributed by atoms with Crippen molar-refractivity contribution < 1.29 is 19.1 Å². The fourth-order valence-electron chi connectivity index (χ4n) is 5.86. The van der Waals surface area contributed by atoms with Gasteiger partial charge >= 0.3 is 5.97 Å². The zero-order chi connectivity index (χ0) is 31.7. The van der Waals surface area contributed by atoms with Crippen LogP contribution in [0.2, 0.25) is 0 Å². The van der Waals surface area contributed by atoms with E-state index in [0.29, 0.717) is 18.7 Å². The molecule has 5 aromatic carbocycles. The molecule has 7 nitrogen and oxygen atoms in total. The molecule has 0 saturated carbocycles. The second-order valence-electron chi connectivity index (χ2n) is 11.5. The van der Waals surface area contributed by atoms with E-state index in [4.69, 9.17) is 9.47 Å². The Morgan fingerprint density at radius 1 is 0.783 bits per heavy atom. The standard InChI is InChI=1S/C39H37N3O4/c1-28(22-33-16-9-15-31-13-7-8-17-36(31)33)38(43)42(35-19-18-30-12-5-6-14-32(30)23-35)37(24-34-25-40-27-41-34)39(44)46-21-20-45-26-29-10-3-2-4-11-29/h2-19,23,25,27-28,37H,20-22,24,26H2,1H3,(H,40,41)/t28?,37-/m0/s1. The van der Waals surface area contributed by atoms with Crippen molar-refractivity contribution in [2.24, 2.45) is 5.92 Å². The lowest BCUT2D eigenvalue weighted by Crippen LogP contribution is -2.50. The highest BCUT2D eigenvalue weighted by Gasteiger charge is 2.35. The lowest BCUT2D eigenvalue weighted by molar-refractivity contribution is -0.148. The summed E-state index contributed by atoms with van der Waals surface area (Å²) in [6.45, 7) is 2.65. The van der Waals surface area contributed by atoms with Crippen molar-refractivity contribution in [3.8, 4) is 0 Å². The summed E-state index contributed by atoms with van der Waals surface area (Å²) in [5, 5.41) is 4.26. The first-order valence-electron chi connectivity index (χ1n) is 15.6. The van der Waals surface area contributed by atoms with Crippen LogP contribution in [-0.2, 0) is 38.5 Å². The third kappa shape index (κ3) is 7.33. The van der Waals surface area contributed by atoms with Crippen molar-refractivity contribution in [3.05, 3.63) is 145 Å². The minimum absolute atomic E-state index is 0.0659. The zero-order valence-electron chi connectivity index (χ0n) is 25.8. The number of H-pyrrole nitrogens is 1. The number of aromatic amines is 1. The van der Waals surface area contributed by atoms with Crippen molar-refractivity contribution in [1.82, 2.24) is 9.97 Å². The van der Waals surface area contributed by atoms with E-state index in [2.05, 4.69) is 34.2 Å². The molecule has 0 fully saturated rings. The molecule has 0 aliphatic carbocycles. The van der Waals surface area contributed by atoms with Gasteiger partial charge in [-0.1, -0.05) is 110 Å². The van der Waals surface area contributed by atoms with Gasteiger partial charge in [0.05, 0.1) is 19.5 Å². The van der Waals surface area contributed by atoms with Crippen molar-refractivity contribution in [2.75, 3.05) is 18.1 Å². The fraction of sp³-hybridized carbons (Fsp3) is 0.205. The van der Waals surface area contributed by atoms with E-state index in [1.165, 1.54) is 0 Å². The van der Waals surface area contributed by atoms with E-state index in [1.807, 2.05) is 97.9 Å². The number of nitrogens with one attached hydrogen (secondary N) is 1. The largest absolute Gasteiger partial charge is 0.462 e. The Balaban J connectivity index is 1.29. The van der Waals surface area contributed by atoms with Crippen LogP contribution in [-0.4, -0.2) is 41.1 Å². The number of hydrogen-bond donors (Lipinski definition) is 1. The summed E-state index contributed by atoms with van der Waals surface area (Å²) >= 11 is 0. The maximum Gasteiger partial charge on any atom is 0.329 e. The first-order chi connectivity index (χ1) is 22.6. The Bertz CT molecular complexity index is 1900. The summed E-state index contributed by atoms with van der Waals surface area (Å²) < 4.78 is 11.6. The second-order valence-corrected chi connectivity index (χ2v) is 11.5. The van der Waals surface area contributed by atoms with Gasteiger partial charge in [0, 0.05) is 29.9 Å². The highest BCUT2D eigenvalue weighted by molar-refractivity contribution is 6.02. The predicted molar refractivity (Wildman–Crippen MR) is 181 cm³/mol. The van der Waals surface area contributed by atoms with Crippen LogP contribution in [0.5, 0.6) is 0 Å². The minimum Gasteiger partial charge on any atom is -0.462 e. The number of benzene rings is 5. The maximum absolute atomic E-state index is 14.6. The molecule has 6 aromatic rings. The molecule has 1 unspecified atom stereocenters. The molecule has 1 N–H and O–H groups in total. The van der Waals surface area contributed by atoms with E-state index in [1.54, 1.807) is 17.4 Å². The molecule has 1 heterocycles. The molecule has 2 atom stereocenters. The van der Waals surface area contributed by atoms with Gasteiger partial charge in [-0.2, -0.15) is 0 Å². The smallest absolute Gasteiger partial charge is 0.329 e. The third-order valence-corrected chi connectivity index (χ3v) is 8.21. The van der Waals surface area contributed by atoms with Gasteiger partial charge in [0.25, 0.3) is 0 Å². The number of aromatic nitrogens is 2. The van der Waals surface area contributed by atoms with Gasteiger partial charge in [-0.05, 0) is 51.2 Å². The van der Waals surface area contributed by atoms with E-state index in [-0.39, 0.29) is 25.5 Å². The van der Waals surface area contributed by atoms with Crippen molar-refractivity contribution in [3.63, 3.8) is 0 Å². The molecular weight excluding hydrogens is 574 g/mol. The zero-order valence-corrected chi connectivity index (χ0v) is 25.8. The molecule has 1 aromatic heterocycles. The molecule has 0 spiro atoms. The van der Waals surface area contributed by atoms with E-state index >= 15 is 0 Å². The third-order valence-electron chi connectivity index (χ3n) is 8.21. The summed E-state index contributed by atoms with van der Waals surface area (Å²) in [5.41, 5.74) is 3.48. The van der Waals surface area contributed by atoms with Gasteiger partial charge in [0.15, 0.2) is 0 Å². The number of ether oxygens (including phenoxy) is 2. The first kappa shape index (κ1) is 30.7. The summed E-state index contributed by atoms with van der Waals surface area (Å²) in [5.74, 6) is -1.09. The lowest BCUT2D eigenvalue weighted by Gasteiger charge is -2.32. The van der Waals surface area contributed by atoms with Crippen molar-refractivity contribution >= 4 is 39.1 Å². The molecule has 0 aliphatic heterocycles. The molecule has 7 heteroatoms. The monoisotopic (exact) mass is 611 g/mol. The average molecular weight is 612 g/mol. The molecule has 0 bridgehead atoms. The number of imidazole rings is 1. The molecule has 6 rings (SSSR count). The molecule has 0 saturated heterocycles. The van der Waals surface area contributed by atoms with Gasteiger partial charge in [0.2, 0.25) is 5.91 Å². The SMILES string of the molecule is CC(Cc1cccc2ccccc12)C(=O)N(c1ccc2ccccc2c1)[C@@H](Cc1cnc[nH]1)C(=O)OCCOCc1ccccc1. The normalized spacial score (nSPS) is 12.5. The minimum atomic E-state index is -0.932. The number of nitrogens with zero attached hydrogens (tertiary/aromatic N) is 2. The van der Waals surface area contributed by atoms with Crippen LogP contribution >= 0.6 is 0 Å². The molecule has 1 amide bonds. The van der Waals surface area contributed by atoms with Crippen LogP contribution in [0.25, 0.3) is 21.5 Å². The Morgan fingerprint density at radius 2 is 1.52 bits per heavy atom. The van der Waals surface area contributed by atoms with E-state index < -0.39 is 17.9 Å². The second kappa shape index (κ2) is 14.7. The van der Waals surface area contributed by atoms with Gasteiger partial charge in [-0.3, -0.25) is 9.69 Å². The van der Waals surface area contributed by atoms with Gasteiger partial charge < -0.3 is 14.5 Å². The molecule has 0 aliphatic rings. The van der Waals surface area contributed by atoms with Gasteiger partial charge in [-0.15, -0.1) is 0 Å². The number of carbonyl (C=O) groups is 2. The Labute approximate surface area is 268 Å². The molecule has 232 valence electrons. The van der Waals surface area contributed by atoms with Crippen LogP contribution in [0.15, 0.2) is 128 Å². The Kier molecular flexibility index (Phi) is 9.81. The summed E-state index contributed by atoms with van der Waals surface area (Å²) in [4.78, 5) is 37.4. The van der Waals surface area contributed by atoms with Gasteiger partial charge in [-0.25, -0.2) is 9.78 Å². The van der Waals surface area contributed by atoms with Crippen molar-refractivity contribution in [1.29, 1.82) is 0 Å². The number of fused-ring (bicyclic) bond motifs is 2. The van der Waals surface area contributed by atoms with Crippen LogP contribution in [0.4, 0.5) is 5.69 Å². The average Bonchev–Trinajstić information content (AvgIpc) is 3.61. The maximum atomic E-state index is 14.6. The quantitative estimate of drug-likeness (QED) is 0.109. The first-order valence-corrected chi connectivity index (χ1v) is 15.6. The van der Waals surface area contributed by atoms with Crippen molar-refractivity contribution in [2.45, 2.75) is 32.4 Å². The fourth-order valence-corrected chi connectivity index (χ4v) is 5.86. The van der Waals surface area contributed by atoms with Crippen LogP contribution in [0, 0.1) is 5.92 Å². The lowest BCUT2D eigenvalue weighted by atomic mass is 9.94. The van der Waals surface area contributed by atoms with Crippen LogP contribution in [0.3, 0.4) is 0 Å². The Hall–Kier alpha value is -5.27. The molecular formula is C39H37N3O4. The van der Waals surface area contributed by atoms with E-state index in [0.717, 1.165) is 38.4 Å². The number of hydrogen-bond acceptors (Lipinski definition) is 5. The van der Waals surface area contributed by atoms with Gasteiger partial charge in [0.1, 0.15) is 12.6 Å². The number of esters is 1. The van der Waals surface area contributed by atoms with E-state index in [9.17, 15) is 9.59 Å². The van der Waals surface area contributed by atoms with Crippen LogP contribution < -0.4 is 4.90 Å². The summed E-state index contributed by atoms with van der Waals surface area (Å²) in [6, 6.07) is 37.1. The Morgan fingerprint density at radius 3 is 2.33 bits per heavy atom. The topological polar surface area (TPSA) is 84.5 Å². The predicted octanol–water partition coefficient (Wildman–Crippen LogP) is 7.30. The molecule has 0 radical (unpaired) electrons.